The zero-order chi connectivity index (χ0) is 13.2. The van der Waals surface area contributed by atoms with Crippen LogP contribution in [0.3, 0.4) is 0 Å². The van der Waals surface area contributed by atoms with Crippen LogP contribution in [-0.4, -0.2) is 46.2 Å². The average Bonchev–Trinajstić information content (AvgIpc) is 2.90. The molecule has 1 saturated heterocycles. The molecule has 1 amide bonds. The maximum absolute atomic E-state index is 12.7. The van der Waals surface area contributed by atoms with Crippen LogP contribution in [0.15, 0.2) is 30.6 Å². The summed E-state index contributed by atoms with van der Waals surface area (Å²) < 4.78 is 7.17. The number of ether oxygens (including phenoxy) is 1. The summed E-state index contributed by atoms with van der Waals surface area (Å²) >= 11 is 0. The van der Waals surface area contributed by atoms with Crippen molar-refractivity contribution >= 4 is 11.4 Å². The second kappa shape index (κ2) is 5.01. The molecule has 0 N–H and O–H groups in total. The van der Waals surface area contributed by atoms with Gasteiger partial charge in [-0.3, -0.25) is 4.79 Å². The van der Waals surface area contributed by atoms with Gasteiger partial charge in [-0.2, -0.15) is 5.10 Å². The van der Waals surface area contributed by atoms with Crippen LogP contribution in [0.5, 0.6) is 0 Å². The van der Waals surface area contributed by atoms with Crippen molar-refractivity contribution in [2.75, 3.05) is 19.8 Å². The van der Waals surface area contributed by atoms with Crippen molar-refractivity contribution < 1.29 is 9.53 Å². The molecule has 2 aromatic rings. The first-order valence-electron chi connectivity index (χ1n) is 6.62. The molecule has 0 radical (unpaired) electrons. The molecule has 0 unspecified atom stereocenters. The lowest BCUT2D eigenvalue weighted by Gasteiger charge is -2.34. The molecule has 3 rings (SSSR count). The van der Waals surface area contributed by atoms with Gasteiger partial charge in [-0.1, -0.05) is 13.0 Å². The summed E-state index contributed by atoms with van der Waals surface area (Å²) in [4.78, 5) is 14.6. The summed E-state index contributed by atoms with van der Waals surface area (Å²) in [5.41, 5.74) is 1.52. The van der Waals surface area contributed by atoms with E-state index in [9.17, 15) is 4.79 Å². The van der Waals surface area contributed by atoms with Gasteiger partial charge in [0.05, 0.1) is 36.5 Å². The van der Waals surface area contributed by atoms with Crippen molar-refractivity contribution in [3.05, 3.63) is 36.2 Å². The summed E-state index contributed by atoms with van der Waals surface area (Å²) in [5, 5.41) is 4.22. The predicted molar refractivity (Wildman–Crippen MR) is 71.1 cm³/mol. The van der Waals surface area contributed by atoms with Gasteiger partial charge in [-0.05, 0) is 18.6 Å². The Hall–Kier alpha value is -1.88. The van der Waals surface area contributed by atoms with Crippen molar-refractivity contribution in [1.82, 2.24) is 14.5 Å². The zero-order valence-electron chi connectivity index (χ0n) is 11.0. The maximum Gasteiger partial charge on any atom is 0.258 e. The third-order valence-corrected chi connectivity index (χ3v) is 3.62. The Bertz CT molecular complexity index is 593. The number of hydrogen-bond donors (Lipinski definition) is 0. The molecule has 0 saturated carbocycles. The minimum Gasteiger partial charge on any atom is -0.377 e. The van der Waals surface area contributed by atoms with Gasteiger partial charge in [0.1, 0.15) is 0 Å². The van der Waals surface area contributed by atoms with Crippen molar-refractivity contribution in [1.29, 1.82) is 0 Å². The van der Waals surface area contributed by atoms with Crippen molar-refractivity contribution in [2.24, 2.45) is 0 Å². The number of fused-ring (bicyclic) bond motifs is 1. The normalized spacial score (nSPS) is 19.8. The van der Waals surface area contributed by atoms with E-state index in [0.717, 1.165) is 11.9 Å². The standard InChI is InChI=1S/C14H17N3O2/c1-2-11-10-19-8-7-16(11)14(18)12-9-15-17-6-4-3-5-13(12)17/h3-6,9,11H,2,7-8,10H2,1H3/t11-/m0/s1. The van der Waals surface area contributed by atoms with E-state index < -0.39 is 0 Å². The molecular weight excluding hydrogens is 242 g/mol. The first-order chi connectivity index (χ1) is 9.31. The second-order valence-corrected chi connectivity index (χ2v) is 4.72. The summed E-state index contributed by atoms with van der Waals surface area (Å²) in [5.74, 6) is 0.0522. The summed E-state index contributed by atoms with van der Waals surface area (Å²) in [6, 6.07) is 5.91. The van der Waals surface area contributed by atoms with Gasteiger partial charge in [-0.15, -0.1) is 0 Å². The Morgan fingerprint density at radius 3 is 3.26 bits per heavy atom. The van der Waals surface area contributed by atoms with Crippen LogP contribution in [0, 0.1) is 0 Å². The van der Waals surface area contributed by atoms with Gasteiger partial charge in [-0.25, -0.2) is 4.52 Å². The van der Waals surface area contributed by atoms with Gasteiger partial charge in [0, 0.05) is 12.7 Å². The molecular formula is C14H17N3O2. The number of aromatic nitrogens is 2. The fraction of sp³-hybridized carbons (Fsp3) is 0.429. The molecule has 0 spiro atoms. The SMILES string of the molecule is CC[C@H]1COCCN1C(=O)c1cnn2ccccc12. The van der Waals surface area contributed by atoms with E-state index in [4.69, 9.17) is 4.74 Å². The highest BCUT2D eigenvalue weighted by Gasteiger charge is 2.28. The van der Waals surface area contributed by atoms with E-state index in [-0.39, 0.29) is 11.9 Å². The van der Waals surface area contributed by atoms with E-state index in [1.165, 1.54) is 0 Å². The Morgan fingerprint density at radius 1 is 1.53 bits per heavy atom. The maximum atomic E-state index is 12.7. The van der Waals surface area contributed by atoms with E-state index in [1.807, 2.05) is 29.3 Å². The molecule has 5 nitrogen and oxygen atoms in total. The van der Waals surface area contributed by atoms with Gasteiger partial charge in [0.2, 0.25) is 0 Å². The largest absolute Gasteiger partial charge is 0.377 e. The number of pyridine rings is 1. The highest BCUT2D eigenvalue weighted by atomic mass is 16.5. The number of carbonyl (C=O) groups is 1. The molecule has 19 heavy (non-hydrogen) atoms. The topological polar surface area (TPSA) is 46.8 Å². The van der Waals surface area contributed by atoms with Gasteiger partial charge >= 0.3 is 0 Å². The molecule has 1 atom stereocenters. The lowest BCUT2D eigenvalue weighted by molar-refractivity contribution is -0.00269. The number of hydrogen-bond acceptors (Lipinski definition) is 3. The zero-order valence-corrected chi connectivity index (χ0v) is 11.0. The van der Waals surface area contributed by atoms with E-state index in [0.29, 0.717) is 25.3 Å². The van der Waals surface area contributed by atoms with Crippen LogP contribution in [0.25, 0.3) is 5.52 Å². The molecule has 5 heteroatoms. The smallest absolute Gasteiger partial charge is 0.258 e. The average molecular weight is 259 g/mol. The lowest BCUT2D eigenvalue weighted by atomic mass is 10.1. The monoisotopic (exact) mass is 259 g/mol. The number of nitrogens with zero attached hydrogens (tertiary/aromatic N) is 3. The fourth-order valence-corrected chi connectivity index (χ4v) is 2.51. The molecule has 0 aliphatic carbocycles. The molecule has 100 valence electrons. The summed E-state index contributed by atoms with van der Waals surface area (Å²) in [6.07, 6.45) is 4.41. The van der Waals surface area contributed by atoms with Crippen LogP contribution in [0.4, 0.5) is 0 Å². The lowest BCUT2D eigenvalue weighted by Crippen LogP contribution is -2.48. The molecule has 3 heterocycles. The Morgan fingerprint density at radius 2 is 2.42 bits per heavy atom. The predicted octanol–water partition coefficient (Wildman–Crippen LogP) is 1.59. The highest BCUT2D eigenvalue weighted by Crippen LogP contribution is 2.18. The Kier molecular flexibility index (Phi) is 3.21. The molecule has 1 aliphatic heterocycles. The van der Waals surface area contributed by atoms with Gasteiger partial charge in [0.25, 0.3) is 5.91 Å². The van der Waals surface area contributed by atoms with Crippen LogP contribution in [0.2, 0.25) is 0 Å². The number of rotatable bonds is 2. The third-order valence-electron chi connectivity index (χ3n) is 3.62. The van der Waals surface area contributed by atoms with E-state index >= 15 is 0 Å². The van der Waals surface area contributed by atoms with E-state index in [1.54, 1.807) is 10.7 Å². The number of amides is 1. The highest BCUT2D eigenvalue weighted by molar-refractivity contribution is 6.00. The van der Waals surface area contributed by atoms with Crippen LogP contribution in [0.1, 0.15) is 23.7 Å². The minimum atomic E-state index is 0.0522. The van der Waals surface area contributed by atoms with Crippen LogP contribution in [-0.2, 0) is 4.74 Å². The summed E-state index contributed by atoms with van der Waals surface area (Å²) in [6.45, 7) is 3.97. The number of morpholine rings is 1. The Balaban J connectivity index is 1.94. The molecule has 0 bridgehead atoms. The van der Waals surface area contributed by atoms with E-state index in [2.05, 4.69) is 12.0 Å². The molecule has 2 aromatic heterocycles. The fourth-order valence-electron chi connectivity index (χ4n) is 2.51. The number of carbonyl (C=O) groups excluding carboxylic acids is 1. The van der Waals surface area contributed by atoms with Crippen molar-refractivity contribution in [3.63, 3.8) is 0 Å². The molecule has 0 aromatic carbocycles. The molecule has 1 aliphatic rings. The van der Waals surface area contributed by atoms with Gasteiger partial charge < -0.3 is 9.64 Å². The minimum absolute atomic E-state index is 0.0522. The third kappa shape index (κ3) is 2.10. The second-order valence-electron chi connectivity index (χ2n) is 4.72. The van der Waals surface area contributed by atoms with Crippen LogP contribution >= 0.6 is 0 Å². The van der Waals surface area contributed by atoms with Crippen molar-refractivity contribution in [3.8, 4) is 0 Å². The summed E-state index contributed by atoms with van der Waals surface area (Å²) in [7, 11) is 0. The molecule has 1 fully saturated rings. The Labute approximate surface area is 111 Å². The van der Waals surface area contributed by atoms with Crippen LogP contribution < -0.4 is 0 Å². The first-order valence-corrected chi connectivity index (χ1v) is 6.62. The quantitative estimate of drug-likeness (QED) is 0.822. The van der Waals surface area contributed by atoms with Gasteiger partial charge in [0.15, 0.2) is 0 Å². The van der Waals surface area contributed by atoms with Crippen molar-refractivity contribution in [2.45, 2.75) is 19.4 Å². The first kappa shape index (κ1) is 12.2.